The van der Waals surface area contributed by atoms with Gasteiger partial charge in [-0.15, -0.1) is 0 Å². The van der Waals surface area contributed by atoms with Gasteiger partial charge in [-0.2, -0.15) is 0 Å². The number of hydrogen-bond donors (Lipinski definition) is 2. The molecule has 0 radical (unpaired) electrons. The molecule has 2 heterocycles. The van der Waals surface area contributed by atoms with Gasteiger partial charge in [-0.1, -0.05) is 18.2 Å². The Labute approximate surface area is 109 Å². The molecule has 4 rings (SSSR count). The van der Waals surface area contributed by atoms with Crippen molar-refractivity contribution in [1.82, 2.24) is 9.97 Å². The number of phenolic OH excluding ortho intramolecular Hbond substituents is 1. The van der Waals surface area contributed by atoms with E-state index in [1.54, 1.807) is 12.1 Å². The van der Waals surface area contributed by atoms with Crippen LogP contribution in [-0.2, 0) is 0 Å². The number of rotatable bonds is 0. The summed E-state index contributed by atoms with van der Waals surface area (Å²) in [5.74, 6) is 0.279. The first-order valence-electron chi connectivity index (χ1n) is 6.24. The van der Waals surface area contributed by atoms with Crippen molar-refractivity contribution in [3.8, 4) is 5.75 Å². The quantitative estimate of drug-likeness (QED) is 0.496. The van der Waals surface area contributed by atoms with Crippen LogP contribution in [0.3, 0.4) is 0 Å². The lowest BCUT2D eigenvalue weighted by molar-refractivity contribution is 0.476. The average Bonchev–Trinajstić information content (AvgIpc) is 2.76. The first-order chi connectivity index (χ1) is 9.24. The van der Waals surface area contributed by atoms with Gasteiger partial charge in [0.25, 0.3) is 0 Å². The predicted octanol–water partition coefficient (Wildman–Crippen LogP) is 3.88. The first kappa shape index (κ1) is 10.4. The lowest BCUT2D eigenvalue weighted by Crippen LogP contribution is -1.85. The molecule has 0 bridgehead atoms. The summed E-state index contributed by atoms with van der Waals surface area (Å²) in [6, 6.07) is 13.5. The number of benzene rings is 2. The van der Waals surface area contributed by atoms with Gasteiger partial charge in [-0.25, -0.2) is 4.98 Å². The summed E-state index contributed by atoms with van der Waals surface area (Å²) in [6.45, 7) is 2.10. The topological polar surface area (TPSA) is 48.9 Å². The number of hydrogen-bond acceptors (Lipinski definition) is 2. The molecule has 2 aromatic carbocycles. The van der Waals surface area contributed by atoms with E-state index in [0.29, 0.717) is 0 Å². The fourth-order valence-corrected chi connectivity index (χ4v) is 2.77. The van der Waals surface area contributed by atoms with Gasteiger partial charge in [0.15, 0.2) is 0 Å². The van der Waals surface area contributed by atoms with Crippen LogP contribution in [0.4, 0.5) is 0 Å². The van der Waals surface area contributed by atoms with Crippen LogP contribution in [-0.4, -0.2) is 15.1 Å². The van der Waals surface area contributed by atoms with Gasteiger partial charge < -0.3 is 10.1 Å². The minimum atomic E-state index is 0.279. The van der Waals surface area contributed by atoms with Crippen molar-refractivity contribution in [2.45, 2.75) is 6.92 Å². The summed E-state index contributed by atoms with van der Waals surface area (Å²) in [7, 11) is 0. The Bertz CT molecular complexity index is 938. The molecule has 92 valence electrons. The molecule has 0 aliphatic rings. The molecule has 0 atom stereocenters. The molecule has 3 nitrogen and oxygen atoms in total. The van der Waals surface area contributed by atoms with Gasteiger partial charge in [-0.05, 0) is 36.8 Å². The molecule has 0 aliphatic heterocycles. The van der Waals surface area contributed by atoms with Crippen molar-refractivity contribution < 1.29 is 5.11 Å². The number of nitrogens with one attached hydrogen (secondary N) is 1. The van der Waals surface area contributed by atoms with Crippen LogP contribution in [0.5, 0.6) is 5.75 Å². The molecule has 4 aromatic rings. The van der Waals surface area contributed by atoms with E-state index in [4.69, 9.17) is 0 Å². The highest BCUT2D eigenvalue weighted by molar-refractivity contribution is 6.12. The molecule has 0 fully saturated rings. The van der Waals surface area contributed by atoms with E-state index in [1.165, 1.54) is 5.56 Å². The molecule has 0 amide bonds. The number of phenols is 1. The minimum absolute atomic E-state index is 0.279. The largest absolute Gasteiger partial charge is 0.508 e. The van der Waals surface area contributed by atoms with E-state index in [2.05, 4.69) is 23.0 Å². The lowest BCUT2D eigenvalue weighted by atomic mass is 10.0. The zero-order chi connectivity index (χ0) is 13.0. The van der Waals surface area contributed by atoms with Crippen LogP contribution in [0.2, 0.25) is 0 Å². The molecule has 0 saturated carbocycles. The Morgan fingerprint density at radius 2 is 1.89 bits per heavy atom. The molecule has 19 heavy (non-hydrogen) atoms. The Balaban J connectivity index is 2.31. The van der Waals surface area contributed by atoms with Crippen LogP contribution >= 0.6 is 0 Å². The number of nitrogens with zero attached hydrogens (tertiary/aromatic N) is 1. The van der Waals surface area contributed by atoms with Crippen molar-refractivity contribution in [1.29, 1.82) is 0 Å². The average molecular weight is 248 g/mol. The number of aromatic hydroxyl groups is 1. The van der Waals surface area contributed by atoms with Crippen LogP contribution < -0.4 is 0 Å². The Morgan fingerprint density at radius 3 is 2.79 bits per heavy atom. The van der Waals surface area contributed by atoms with Crippen LogP contribution in [0.25, 0.3) is 32.8 Å². The van der Waals surface area contributed by atoms with Crippen LogP contribution in [0, 0.1) is 6.92 Å². The number of pyridine rings is 1. The van der Waals surface area contributed by atoms with Gasteiger partial charge in [-0.3, -0.25) is 0 Å². The maximum atomic E-state index is 9.68. The predicted molar refractivity (Wildman–Crippen MR) is 77.5 cm³/mol. The highest BCUT2D eigenvalue weighted by Gasteiger charge is 2.11. The van der Waals surface area contributed by atoms with Crippen molar-refractivity contribution >= 4 is 32.8 Å². The summed E-state index contributed by atoms with van der Waals surface area (Å²) >= 11 is 0. The van der Waals surface area contributed by atoms with Gasteiger partial charge in [0.05, 0.1) is 5.52 Å². The van der Waals surface area contributed by atoms with Gasteiger partial charge >= 0.3 is 0 Å². The molecule has 3 heteroatoms. The zero-order valence-electron chi connectivity index (χ0n) is 10.4. The van der Waals surface area contributed by atoms with Crippen LogP contribution in [0.1, 0.15) is 5.56 Å². The van der Waals surface area contributed by atoms with Crippen molar-refractivity contribution in [3.63, 3.8) is 0 Å². The molecule has 0 aliphatic carbocycles. The maximum Gasteiger partial charge on any atom is 0.139 e. The molecular weight excluding hydrogens is 236 g/mol. The van der Waals surface area contributed by atoms with Gasteiger partial charge in [0.1, 0.15) is 11.4 Å². The summed E-state index contributed by atoms with van der Waals surface area (Å²) in [5.41, 5.74) is 4.05. The minimum Gasteiger partial charge on any atom is -0.508 e. The van der Waals surface area contributed by atoms with E-state index in [1.807, 2.05) is 24.3 Å². The lowest BCUT2D eigenvalue weighted by Gasteiger charge is -2.03. The van der Waals surface area contributed by atoms with E-state index in [-0.39, 0.29) is 5.75 Å². The summed E-state index contributed by atoms with van der Waals surface area (Å²) in [6.07, 6.45) is 0. The second-order valence-corrected chi connectivity index (χ2v) is 4.83. The van der Waals surface area contributed by atoms with Gasteiger partial charge in [0, 0.05) is 21.7 Å². The molecule has 2 aromatic heterocycles. The maximum absolute atomic E-state index is 9.68. The number of aryl methyl sites for hydroxylation is 1. The number of para-hydroxylation sites is 1. The fraction of sp³-hybridized carbons (Fsp3) is 0.0625. The Hall–Kier alpha value is -2.55. The van der Waals surface area contributed by atoms with E-state index < -0.39 is 0 Å². The highest BCUT2D eigenvalue weighted by atomic mass is 16.3. The highest BCUT2D eigenvalue weighted by Crippen LogP contribution is 2.32. The molecular formula is C16H12N2O. The van der Waals surface area contributed by atoms with Crippen molar-refractivity contribution in [2.24, 2.45) is 0 Å². The third-order valence-corrected chi connectivity index (χ3v) is 3.68. The summed E-state index contributed by atoms with van der Waals surface area (Å²) < 4.78 is 0. The van der Waals surface area contributed by atoms with Crippen molar-refractivity contribution in [3.05, 3.63) is 48.0 Å². The molecule has 0 spiro atoms. The third-order valence-electron chi connectivity index (χ3n) is 3.68. The Kier molecular flexibility index (Phi) is 1.90. The number of aromatic nitrogens is 2. The summed E-state index contributed by atoms with van der Waals surface area (Å²) in [5, 5.41) is 12.9. The smallest absolute Gasteiger partial charge is 0.139 e. The number of fused-ring (bicyclic) bond motifs is 4. The normalized spacial score (nSPS) is 11.6. The molecule has 2 N–H and O–H groups in total. The van der Waals surface area contributed by atoms with Crippen LogP contribution in [0.15, 0.2) is 42.5 Å². The number of aromatic amines is 1. The van der Waals surface area contributed by atoms with Crippen molar-refractivity contribution in [2.75, 3.05) is 0 Å². The van der Waals surface area contributed by atoms with E-state index in [9.17, 15) is 5.11 Å². The zero-order valence-corrected chi connectivity index (χ0v) is 10.4. The second kappa shape index (κ2) is 3.48. The third kappa shape index (κ3) is 1.35. The van der Waals surface area contributed by atoms with Gasteiger partial charge in [0.2, 0.25) is 0 Å². The Morgan fingerprint density at radius 1 is 1.05 bits per heavy atom. The first-order valence-corrected chi connectivity index (χ1v) is 6.24. The van der Waals surface area contributed by atoms with E-state index in [0.717, 1.165) is 32.8 Å². The SMILES string of the molecule is Cc1c2ccccc2nc2[nH]c3ccc(O)cc3c12. The fourth-order valence-electron chi connectivity index (χ4n) is 2.77. The second-order valence-electron chi connectivity index (χ2n) is 4.83. The number of H-pyrrole nitrogens is 1. The van der Waals surface area contributed by atoms with E-state index >= 15 is 0 Å². The standard InChI is InChI=1S/C16H12N2O/c1-9-11-4-2-3-5-13(11)17-16-15(9)12-8-10(19)6-7-14(12)18-16/h2-8,19H,1H3,(H,17,18). The monoisotopic (exact) mass is 248 g/mol. The molecule has 0 unspecified atom stereocenters. The summed E-state index contributed by atoms with van der Waals surface area (Å²) in [4.78, 5) is 7.98. The molecule has 0 saturated heterocycles.